The van der Waals surface area contributed by atoms with Crippen molar-refractivity contribution < 1.29 is 27.8 Å². The number of pyridine rings is 1. The molecule has 0 bridgehead atoms. The molecule has 1 aromatic heterocycles. The molecule has 170 valence electrons. The van der Waals surface area contributed by atoms with Crippen LogP contribution in [-0.4, -0.2) is 66.4 Å². The first-order valence-corrected chi connectivity index (χ1v) is 9.56. The van der Waals surface area contributed by atoms with Crippen LogP contribution in [0.2, 0.25) is 0 Å². The van der Waals surface area contributed by atoms with Crippen molar-refractivity contribution in [2.45, 2.75) is 12.3 Å². The molecular formula is C21H22F3N5O3. The van der Waals surface area contributed by atoms with Gasteiger partial charge in [0.05, 0.1) is 25.5 Å². The minimum absolute atomic E-state index is 0.0782. The van der Waals surface area contributed by atoms with E-state index in [-0.39, 0.29) is 5.69 Å². The van der Waals surface area contributed by atoms with E-state index in [0.29, 0.717) is 18.2 Å². The first kappa shape index (κ1) is 23.1. The van der Waals surface area contributed by atoms with Crippen molar-refractivity contribution in [3.63, 3.8) is 0 Å². The second-order valence-corrected chi connectivity index (χ2v) is 7.02. The number of rotatable bonds is 6. The molecule has 0 saturated heterocycles. The Kier molecular flexibility index (Phi) is 6.98. The maximum absolute atomic E-state index is 12.3. The number of amides is 1. The number of nitrogens with one attached hydrogen (secondary N) is 2. The third kappa shape index (κ3) is 5.76. The normalized spacial score (nSPS) is 14.9. The Labute approximate surface area is 182 Å². The summed E-state index contributed by atoms with van der Waals surface area (Å²) in [5.41, 5.74) is 2.51. The molecule has 8 nitrogen and oxygen atoms in total. The van der Waals surface area contributed by atoms with Crippen molar-refractivity contribution in [1.29, 1.82) is 0 Å². The molecule has 1 unspecified atom stereocenters. The van der Waals surface area contributed by atoms with Gasteiger partial charge in [-0.15, -0.1) is 0 Å². The van der Waals surface area contributed by atoms with Gasteiger partial charge < -0.3 is 25.4 Å². The Balaban J connectivity index is 1.61. The smallest absolute Gasteiger partial charge is 0.416 e. The summed E-state index contributed by atoms with van der Waals surface area (Å²) in [6.07, 6.45) is -4.31. The summed E-state index contributed by atoms with van der Waals surface area (Å²) in [6.45, 7) is -0.345. The third-order valence-corrected chi connectivity index (χ3v) is 4.66. The molecule has 11 heteroatoms. The number of carbonyl (C=O) groups is 1. The summed E-state index contributed by atoms with van der Waals surface area (Å²) in [4.78, 5) is 22.2. The molecule has 0 saturated carbocycles. The number of likely N-dealkylation sites (N-methyl/N-ethyl adjacent to an activating group) is 1. The lowest BCUT2D eigenvalue weighted by molar-refractivity contribution is -0.201. The average Bonchev–Trinajstić information content (AvgIpc) is 2.78. The number of ether oxygens (including phenoxy) is 1. The topological polar surface area (TPSA) is 99.1 Å². The quantitative estimate of drug-likeness (QED) is 0.627. The highest BCUT2D eigenvalue weighted by atomic mass is 19.4. The zero-order valence-electron chi connectivity index (χ0n) is 17.3. The van der Waals surface area contributed by atoms with Gasteiger partial charge in [0.1, 0.15) is 11.4 Å². The van der Waals surface area contributed by atoms with Crippen LogP contribution in [0, 0.1) is 0 Å². The van der Waals surface area contributed by atoms with Gasteiger partial charge in [-0.3, -0.25) is 4.79 Å². The molecule has 1 amide bonds. The monoisotopic (exact) mass is 449 g/mol. The van der Waals surface area contributed by atoms with Crippen LogP contribution >= 0.6 is 0 Å². The second-order valence-electron chi connectivity index (χ2n) is 7.02. The molecule has 2 heterocycles. The molecule has 0 fully saturated rings. The summed E-state index contributed by atoms with van der Waals surface area (Å²) in [5.74, 6) is 0.513. The number of alkyl halides is 3. The highest BCUT2D eigenvalue weighted by molar-refractivity contribution is 5.97. The van der Waals surface area contributed by atoms with Crippen LogP contribution in [0.3, 0.4) is 0 Å². The first-order valence-electron chi connectivity index (χ1n) is 9.56. The lowest BCUT2D eigenvalue weighted by Crippen LogP contribution is -2.40. The van der Waals surface area contributed by atoms with E-state index < -0.39 is 24.7 Å². The van der Waals surface area contributed by atoms with Gasteiger partial charge in [-0.25, -0.2) is 9.98 Å². The van der Waals surface area contributed by atoms with E-state index in [0.717, 1.165) is 16.9 Å². The summed E-state index contributed by atoms with van der Waals surface area (Å²) in [6, 6.07) is 10.6. The van der Waals surface area contributed by atoms with Gasteiger partial charge in [-0.1, -0.05) is 12.1 Å². The van der Waals surface area contributed by atoms with Gasteiger partial charge in [0.15, 0.2) is 6.10 Å². The number of guanidine groups is 1. The van der Waals surface area contributed by atoms with Gasteiger partial charge in [-0.05, 0) is 35.4 Å². The first-order chi connectivity index (χ1) is 15.2. The van der Waals surface area contributed by atoms with E-state index in [1.807, 2.05) is 41.5 Å². The van der Waals surface area contributed by atoms with E-state index >= 15 is 0 Å². The van der Waals surface area contributed by atoms with Gasteiger partial charge >= 0.3 is 6.18 Å². The maximum Gasteiger partial charge on any atom is 0.416 e. The average molecular weight is 449 g/mol. The van der Waals surface area contributed by atoms with Crippen molar-refractivity contribution in [1.82, 2.24) is 15.2 Å². The summed E-state index contributed by atoms with van der Waals surface area (Å²) in [7, 11) is 3.47. The van der Waals surface area contributed by atoms with Crippen molar-refractivity contribution in [3.05, 3.63) is 60.1 Å². The number of halogens is 3. The van der Waals surface area contributed by atoms with Gasteiger partial charge in [0, 0.05) is 19.8 Å². The van der Waals surface area contributed by atoms with Crippen LogP contribution in [0.25, 0.3) is 5.57 Å². The number of benzene rings is 1. The predicted octanol–water partition coefficient (Wildman–Crippen LogP) is 2.50. The zero-order chi connectivity index (χ0) is 23.3. The zero-order valence-corrected chi connectivity index (χ0v) is 17.3. The standard InChI is InChI=1S/C21H22F3N5O3/c1-29-12-14(13-3-6-16(32-2)7-4-13)9-27-20(29)28-15-5-8-17(25-10-15)19(31)26-11-18(30)21(22,23)24/h3-10,18,30H,11-12H2,1-2H3,(H,26,31)(H,27,28). The fourth-order valence-electron chi connectivity index (χ4n) is 2.83. The third-order valence-electron chi connectivity index (χ3n) is 4.66. The molecule has 1 aromatic carbocycles. The van der Waals surface area contributed by atoms with Gasteiger partial charge in [0.25, 0.3) is 5.91 Å². The van der Waals surface area contributed by atoms with Crippen LogP contribution in [0.4, 0.5) is 18.9 Å². The number of carbonyl (C=O) groups excluding carboxylic acids is 1. The molecule has 1 aliphatic rings. The van der Waals surface area contributed by atoms with Crippen LogP contribution in [0.5, 0.6) is 5.75 Å². The number of anilines is 1. The van der Waals surface area contributed by atoms with Crippen LogP contribution in [0.1, 0.15) is 16.1 Å². The molecule has 0 aliphatic carbocycles. The number of hydrogen-bond donors (Lipinski definition) is 3. The fraction of sp³-hybridized carbons (Fsp3) is 0.286. The SMILES string of the molecule is COc1ccc(C2=CN=C(Nc3ccc(C(=O)NCC(O)C(F)(F)F)nc3)N(C)C2)cc1. The molecule has 1 atom stereocenters. The largest absolute Gasteiger partial charge is 0.497 e. The molecule has 3 N–H and O–H groups in total. The predicted molar refractivity (Wildman–Crippen MR) is 113 cm³/mol. The van der Waals surface area contributed by atoms with E-state index in [9.17, 15) is 18.0 Å². The molecule has 2 aromatic rings. The Morgan fingerprint density at radius 1 is 1.25 bits per heavy atom. The van der Waals surface area contributed by atoms with Gasteiger partial charge in [0.2, 0.25) is 5.96 Å². The minimum atomic E-state index is -4.80. The lowest BCUT2D eigenvalue weighted by atomic mass is 10.1. The van der Waals surface area contributed by atoms with Crippen LogP contribution < -0.4 is 15.4 Å². The van der Waals surface area contributed by atoms with Crippen molar-refractivity contribution >= 4 is 23.1 Å². The van der Waals surface area contributed by atoms with Crippen molar-refractivity contribution in [2.24, 2.45) is 4.99 Å². The Hall–Kier alpha value is -3.60. The van der Waals surface area contributed by atoms with Crippen molar-refractivity contribution in [2.75, 3.05) is 32.6 Å². The minimum Gasteiger partial charge on any atom is -0.497 e. The molecule has 0 radical (unpaired) electrons. The number of aliphatic hydroxyl groups excluding tert-OH is 1. The van der Waals surface area contributed by atoms with E-state index in [4.69, 9.17) is 9.84 Å². The van der Waals surface area contributed by atoms with E-state index in [2.05, 4.69) is 15.3 Å². The highest BCUT2D eigenvalue weighted by Crippen LogP contribution is 2.22. The molecule has 3 rings (SSSR count). The highest BCUT2D eigenvalue weighted by Gasteiger charge is 2.38. The number of hydrogen-bond acceptors (Lipinski definition) is 7. The van der Waals surface area contributed by atoms with Gasteiger partial charge in [-0.2, -0.15) is 13.2 Å². The summed E-state index contributed by atoms with van der Waals surface area (Å²) < 4.78 is 42.1. The molecule has 32 heavy (non-hydrogen) atoms. The molecule has 0 spiro atoms. The van der Waals surface area contributed by atoms with Crippen molar-refractivity contribution in [3.8, 4) is 5.75 Å². The number of aliphatic hydroxyl groups is 1. The maximum atomic E-state index is 12.3. The number of aromatic nitrogens is 1. The lowest BCUT2D eigenvalue weighted by Gasteiger charge is -2.26. The van der Waals surface area contributed by atoms with Crippen LogP contribution in [0.15, 0.2) is 53.8 Å². The van der Waals surface area contributed by atoms with E-state index in [1.54, 1.807) is 19.4 Å². The Morgan fingerprint density at radius 2 is 1.97 bits per heavy atom. The summed E-state index contributed by atoms with van der Waals surface area (Å²) in [5, 5.41) is 14.0. The number of aliphatic imine (C=N–C) groups is 1. The molecular weight excluding hydrogens is 427 g/mol. The summed E-state index contributed by atoms with van der Waals surface area (Å²) >= 11 is 0. The number of methoxy groups -OCH3 is 1. The molecule has 1 aliphatic heterocycles. The van der Waals surface area contributed by atoms with Crippen LogP contribution in [-0.2, 0) is 0 Å². The second kappa shape index (κ2) is 9.69. The Bertz CT molecular complexity index is 1000. The fourth-order valence-corrected chi connectivity index (χ4v) is 2.83. The number of nitrogens with zero attached hydrogens (tertiary/aromatic N) is 3. The van der Waals surface area contributed by atoms with E-state index in [1.165, 1.54) is 12.3 Å². The Morgan fingerprint density at radius 3 is 2.53 bits per heavy atom.